The molecule has 0 radical (unpaired) electrons. The number of para-hydroxylation sites is 1. The third kappa shape index (κ3) is 5.41. The Kier molecular flexibility index (Phi) is 8.65. The lowest BCUT2D eigenvalue weighted by molar-refractivity contribution is -0.138. The van der Waals surface area contributed by atoms with Crippen LogP contribution in [0.25, 0.3) is 15.8 Å². The standard InChI is InChI=1S/C29H26N2O7S4/c1-6-37-15-11-12-18-16(13-15)21(27-41-22(25(33)35-4)23(42-27)26(34)36-5)24(39)29(2,3)31(18)20(32)14-38-28-30-17-9-7-8-10-19(17)40-28/h7-13H,6,14H2,1-5H3. The van der Waals surface area contributed by atoms with E-state index in [1.54, 1.807) is 17.0 Å². The molecular formula is C29H26N2O7S4. The number of carbonyl (C=O) groups excluding carboxylic acids is 3. The van der Waals surface area contributed by atoms with Crippen LogP contribution in [0, 0.1) is 0 Å². The van der Waals surface area contributed by atoms with Crippen molar-refractivity contribution in [1.82, 2.24) is 4.98 Å². The Morgan fingerprint density at radius 1 is 0.976 bits per heavy atom. The molecule has 5 rings (SSSR count). The highest BCUT2D eigenvalue weighted by atomic mass is 32.2. The number of thiocarbonyl (C=S) groups is 1. The van der Waals surface area contributed by atoms with Crippen LogP contribution in [-0.2, 0) is 23.9 Å². The molecule has 0 bridgehead atoms. The van der Waals surface area contributed by atoms with E-state index in [0.717, 1.165) is 33.7 Å². The molecule has 2 aliphatic rings. The van der Waals surface area contributed by atoms with Crippen molar-refractivity contribution in [3.8, 4) is 10.9 Å². The molecule has 0 saturated carbocycles. The molecule has 0 spiro atoms. The number of methoxy groups -OCH3 is 2. The highest BCUT2D eigenvalue weighted by molar-refractivity contribution is 8.29. The molecule has 218 valence electrons. The van der Waals surface area contributed by atoms with Crippen molar-refractivity contribution in [2.45, 2.75) is 26.3 Å². The van der Waals surface area contributed by atoms with E-state index in [4.69, 9.17) is 31.2 Å². The van der Waals surface area contributed by atoms with Gasteiger partial charge in [-0.2, -0.15) is 0 Å². The predicted molar refractivity (Wildman–Crippen MR) is 170 cm³/mol. The second-order valence-electron chi connectivity index (χ2n) is 9.47. The summed E-state index contributed by atoms with van der Waals surface area (Å²) < 4.78 is 23.1. The number of hydrogen-bond donors (Lipinski definition) is 0. The molecule has 0 fully saturated rings. The molecule has 1 aromatic heterocycles. The number of benzene rings is 2. The predicted octanol–water partition coefficient (Wildman–Crippen LogP) is 5.98. The molecule has 2 aliphatic heterocycles. The second-order valence-corrected chi connectivity index (χ2v) is 13.2. The molecule has 0 N–H and O–H groups in total. The first kappa shape index (κ1) is 30.1. The fraction of sp³-hybridized carbons (Fsp3) is 0.276. The van der Waals surface area contributed by atoms with Crippen molar-refractivity contribution in [3.05, 3.63) is 62.1 Å². The van der Waals surface area contributed by atoms with E-state index in [1.807, 2.05) is 51.1 Å². The molecule has 3 heterocycles. The quantitative estimate of drug-likeness (QED) is 0.173. The van der Waals surface area contributed by atoms with Crippen LogP contribution in [0.15, 0.2) is 56.5 Å². The van der Waals surface area contributed by atoms with E-state index in [-0.39, 0.29) is 22.3 Å². The van der Waals surface area contributed by atoms with Crippen molar-refractivity contribution in [2.24, 2.45) is 0 Å². The maximum atomic E-state index is 13.8. The Balaban J connectivity index is 1.56. The lowest BCUT2D eigenvalue weighted by Crippen LogP contribution is -2.57. The molecule has 0 unspecified atom stereocenters. The summed E-state index contributed by atoms with van der Waals surface area (Å²) in [7, 11) is 2.50. The number of amides is 1. The van der Waals surface area contributed by atoms with Gasteiger partial charge >= 0.3 is 11.9 Å². The Labute approximate surface area is 260 Å². The van der Waals surface area contributed by atoms with Gasteiger partial charge in [-0.15, -0.1) is 0 Å². The van der Waals surface area contributed by atoms with Crippen LogP contribution in [0.4, 0.5) is 5.69 Å². The van der Waals surface area contributed by atoms with Crippen molar-refractivity contribution >= 4 is 91.3 Å². The fourth-order valence-corrected chi connectivity index (χ4v) is 8.45. The van der Waals surface area contributed by atoms with Crippen LogP contribution in [-0.4, -0.2) is 60.7 Å². The van der Waals surface area contributed by atoms with Gasteiger partial charge in [-0.25, -0.2) is 14.6 Å². The zero-order chi connectivity index (χ0) is 30.2. The topological polar surface area (TPSA) is 104 Å². The van der Waals surface area contributed by atoms with Gasteiger partial charge in [0, 0.05) is 11.1 Å². The molecule has 0 atom stereocenters. The molecule has 1 amide bonds. The van der Waals surface area contributed by atoms with Gasteiger partial charge in [-0.05, 0) is 51.1 Å². The number of anilines is 1. The average molecular weight is 643 g/mol. The molecule has 9 nitrogen and oxygen atoms in total. The number of rotatable bonds is 7. The van der Waals surface area contributed by atoms with Crippen LogP contribution in [0.3, 0.4) is 0 Å². The van der Waals surface area contributed by atoms with Crippen LogP contribution in [0.1, 0.15) is 26.3 Å². The highest BCUT2D eigenvalue weighted by Gasteiger charge is 2.46. The summed E-state index contributed by atoms with van der Waals surface area (Å²) in [4.78, 5) is 45.8. The molecular weight excluding hydrogens is 617 g/mol. The van der Waals surface area contributed by atoms with E-state index in [9.17, 15) is 14.4 Å². The lowest BCUT2D eigenvalue weighted by Gasteiger charge is -2.45. The van der Waals surface area contributed by atoms with Gasteiger partial charge in [0.25, 0.3) is 11.1 Å². The van der Waals surface area contributed by atoms with E-state index in [1.165, 1.54) is 25.6 Å². The number of thioether (sulfide) groups is 2. The van der Waals surface area contributed by atoms with Gasteiger partial charge in [0.05, 0.1) is 51.4 Å². The third-order valence-electron chi connectivity index (χ3n) is 6.52. The summed E-state index contributed by atoms with van der Waals surface area (Å²) in [6.07, 6.45) is 0. The number of fused-ring (bicyclic) bond motifs is 2. The third-order valence-corrected chi connectivity index (χ3v) is 10.7. The normalized spacial score (nSPS) is 16.0. The highest BCUT2D eigenvalue weighted by Crippen LogP contribution is 2.56. The van der Waals surface area contributed by atoms with Gasteiger partial charge in [-0.3, -0.25) is 9.69 Å². The fourth-order valence-electron chi connectivity index (χ4n) is 4.60. The second kappa shape index (κ2) is 12.1. The first-order valence-corrected chi connectivity index (χ1v) is 15.6. The number of aromatic nitrogens is 1. The van der Waals surface area contributed by atoms with E-state index in [0.29, 0.717) is 43.5 Å². The van der Waals surface area contributed by atoms with E-state index >= 15 is 0 Å². The summed E-state index contributed by atoms with van der Waals surface area (Å²) in [5, 5.41) is 0.396. The van der Waals surface area contributed by atoms with E-state index in [2.05, 4.69) is 4.98 Å². The van der Waals surface area contributed by atoms with E-state index < -0.39 is 17.5 Å². The summed E-state index contributed by atoms with van der Waals surface area (Å²) in [6, 6.07) is 13.1. The first-order valence-electron chi connectivity index (χ1n) is 12.7. The lowest BCUT2D eigenvalue weighted by atomic mass is 9.83. The average Bonchev–Trinajstić information content (AvgIpc) is 3.61. The minimum absolute atomic E-state index is 0.114. The van der Waals surface area contributed by atoms with Gasteiger partial charge < -0.3 is 18.9 Å². The minimum atomic E-state index is -0.980. The maximum Gasteiger partial charge on any atom is 0.346 e. The number of carbonyl (C=O) groups is 3. The van der Waals surface area contributed by atoms with Gasteiger partial charge in [-0.1, -0.05) is 59.2 Å². The van der Waals surface area contributed by atoms with Crippen LogP contribution >= 0.6 is 47.1 Å². The molecule has 0 saturated heterocycles. The van der Waals surface area contributed by atoms with Gasteiger partial charge in [0.1, 0.15) is 15.6 Å². The molecule has 13 heteroatoms. The number of ether oxygens (including phenoxy) is 4. The maximum absolute atomic E-state index is 13.8. The van der Waals surface area contributed by atoms with Crippen molar-refractivity contribution in [3.63, 3.8) is 0 Å². The monoisotopic (exact) mass is 642 g/mol. The van der Waals surface area contributed by atoms with Crippen molar-refractivity contribution < 1.29 is 33.3 Å². The van der Waals surface area contributed by atoms with Crippen LogP contribution in [0.2, 0.25) is 0 Å². The zero-order valence-corrected chi connectivity index (χ0v) is 26.6. The summed E-state index contributed by atoms with van der Waals surface area (Å²) in [5.74, 6) is -1.04. The summed E-state index contributed by atoms with van der Waals surface area (Å²) >= 11 is 9.59. The van der Waals surface area contributed by atoms with Crippen molar-refractivity contribution in [2.75, 3.05) is 32.3 Å². The Morgan fingerprint density at radius 2 is 1.64 bits per heavy atom. The Bertz CT molecular complexity index is 1630. The summed E-state index contributed by atoms with van der Waals surface area (Å²) in [5.41, 5.74) is 1.66. The smallest absolute Gasteiger partial charge is 0.346 e. The summed E-state index contributed by atoms with van der Waals surface area (Å²) in [6.45, 7) is 5.76. The number of hydrogen-bond acceptors (Lipinski definition) is 12. The van der Waals surface area contributed by atoms with Crippen molar-refractivity contribution in [1.29, 1.82) is 0 Å². The SMILES string of the molecule is CCOc1ccc2c(c1)C(=C1SC(C(=O)OC)=C(C(=O)OC)S1)C(=S)C(C)(C)N2C(=O)COc1nc2ccccc2s1. The van der Waals surface area contributed by atoms with Gasteiger partial charge in [0.2, 0.25) is 0 Å². The Hall–Kier alpha value is -3.39. The number of nitrogens with zero attached hydrogens (tertiary/aromatic N) is 2. The first-order chi connectivity index (χ1) is 20.1. The molecule has 3 aromatic rings. The molecule has 42 heavy (non-hydrogen) atoms. The Morgan fingerprint density at radius 3 is 2.26 bits per heavy atom. The molecule has 0 aliphatic carbocycles. The number of esters is 2. The largest absolute Gasteiger partial charge is 0.494 e. The minimum Gasteiger partial charge on any atom is -0.494 e. The van der Waals surface area contributed by atoms with Gasteiger partial charge in [0.15, 0.2) is 6.61 Å². The van der Waals surface area contributed by atoms with Crippen LogP contribution < -0.4 is 14.4 Å². The molecule has 2 aromatic carbocycles. The zero-order valence-electron chi connectivity index (χ0n) is 23.3. The number of thiazole rings is 1. The van der Waals surface area contributed by atoms with Crippen LogP contribution in [0.5, 0.6) is 10.9 Å².